The van der Waals surface area contributed by atoms with E-state index in [0.29, 0.717) is 19.6 Å². The first-order valence-electron chi connectivity index (χ1n) is 9.35. The van der Waals surface area contributed by atoms with E-state index in [1.165, 1.54) is 0 Å². The summed E-state index contributed by atoms with van der Waals surface area (Å²) in [6, 6.07) is 21.6. The van der Waals surface area contributed by atoms with Crippen molar-refractivity contribution in [2.45, 2.75) is 32.9 Å². The van der Waals surface area contributed by atoms with Crippen LogP contribution >= 0.6 is 0 Å². The molecule has 0 aliphatic heterocycles. The monoisotopic (exact) mass is 363 g/mol. The average Bonchev–Trinajstić information content (AvgIpc) is 2.71. The Labute approximate surface area is 160 Å². The molecule has 0 unspecified atom stereocenters. The van der Waals surface area contributed by atoms with Crippen molar-refractivity contribution in [2.75, 3.05) is 6.61 Å². The van der Waals surface area contributed by atoms with Crippen molar-refractivity contribution in [1.82, 2.24) is 5.32 Å². The van der Waals surface area contributed by atoms with Gasteiger partial charge in [0.25, 0.3) is 5.91 Å². The topological polar surface area (TPSA) is 47.6 Å². The van der Waals surface area contributed by atoms with Gasteiger partial charge in [-0.2, -0.15) is 0 Å². The Morgan fingerprint density at radius 2 is 1.63 bits per heavy atom. The van der Waals surface area contributed by atoms with Crippen LogP contribution in [0.4, 0.5) is 0 Å². The molecule has 0 saturated heterocycles. The Hall–Kier alpha value is -3.01. The average molecular weight is 363 g/mol. The molecule has 4 heteroatoms. The molecule has 0 heterocycles. The summed E-state index contributed by atoms with van der Waals surface area (Å²) in [5.41, 5.74) is 0.952. The second kappa shape index (κ2) is 9.08. The van der Waals surface area contributed by atoms with Gasteiger partial charge in [-0.25, -0.2) is 0 Å². The minimum Gasteiger partial charge on any atom is -0.494 e. The molecule has 1 atom stereocenters. The van der Waals surface area contributed by atoms with E-state index in [0.717, 1.165) is 27.8 Å². The third-order valence-electron chi connectivity index (χ3n) is 4.41. The minimum absolute atomic E-state index is 0.128. The number of ether oxygens (including phenoxy) is 2. The number of benzene rings is 3. The van der Waals surface area contributed by atoms with Crippen molar-refractivity contribution in [3.05, 3.63) is 72.3 Å². The van der Waals surface area contributed by atoms with Gasteiger partial charge in [-0.05, 0) is 30.9 Å². The van der Waals surface area contributed by atoms with Gasteiger partial charge >= 0.3 is 0 Å². The van der Waals surface area contributed by atoms with Gasteiger partial charge in [0.15, 0.2) is 6.10 Å². The van der Waals surface area contributed by atoms with Crippen LogP contribution in [-0.4, -0.2) is 18.6 Å². The molecule has 0 aliphatic rings. The molecular weight excluding hydrogens is 338 g/mol. The molecule has 140 valence electrons. The van der Waals surface area contributed by atoms with Crippen LogP contribution in [0.5, 0.6) is 11.5 Å². The zero-order chi connectivity index (χ0) is 19.1. The summed E-state index contributed by atoms with van der Waals surface area (Å²) in [6.07, 6.45) is 0.0392. The summed E-state index contributed by atoms with van der Waals surface area (Å²) in [5.74, 6) is 1.39. The molecule has 1 amide bonds. The smallest absolute Gasteiger partial charge is 0.261 e. The van der Waals surface area contributed by atoms with E-state index in [9.17, 15) is 4.79 Å². The lowest BCUT2D eigenvalue weighted by Crippen LogP contribution is -2.37. The van der Waals surface area contributed by atoms with Gasteiger partial charge in [0.1, 0.15) is 11.5 Å². The van der Waals surface area contributed by atoms with E-state index in [4.69, 9.17) is 9.47 Å². The van der Waals surface area contributed by atoms with Crippen LogP contribution in [0.15, 0.2) is 66.7 Å². The van der Waals surface area contributed by atoms with Crippen molar-refractivity contribution >= 4 is 16.7 Å². The van der Waals surface area contributed by atoms with Gasteiger partial charge in [-0.3, -0.25) is 4.79 Å². The third kappa shape index (κ3) is 4.59. The molecule has 0 aromatic heterocycles. The summed E-state index contributed by atoms with van der Waals surface area (Å²) in [4.78, 5) is 12.7. The predicted molar refractivity (Wildman–Crippen MR) is 108 cm³/mol. The number of rotatable bonds is 8. The lowest BCUT2D eigenvalue weighted by atomic mass is 10.1. The molecule has 3 aromatic rings. The molecule has 0 spiro atoms. The Morgan fingerprint density at radius 3 is 2.44 bits per heavy atom. The lowest BCUT2D eigenvalue weighted by molar-refractivity contribution is -0.128. The Morgan fingerprint density at radius 1 is 0.926 bits per heavy atom. The molecule has 0 aliphatic carbocycles. The predicted octanol–water partition coefficient (Wildman–Crippen LogP) is 4.71. The largest absolute Gasteiger partial charge is 0.494 e. The Bertz CT molecular complexity index is 902. The molecule has 27 heavy (non-hydrogen) atoms. The summed E-state index contributed by atoms with van der Waals surface area (Å²) in [6.45, 7) is 4.89. The Balaban J connectivity index is 1.69. The highest BCUT2D eigenvalue weighted by atomic mass is 16.5. The van der Waals surface area contributed by atoms with Gasteiger partial charge in [0.05, 0.1) is 6.61 Å². The number of hydrogen-bond acceptors (Lipinski definition) is 3. The number of carbonyl (C=O) groups is 1. The highest BCUT2D eigenvalue weighted by Crippen LogP contribution is 2.26. The van der Waals surface area contributed by atoms with Crippen LogP contribution in [0.3, 0.4) is 0 Å². The van der Waals surface area contributed by atoms with Crippen LogP contribution < -0.4 is 14.8 Å². The Kier molecular flexibility index (Phi) is 6.31. The summed E-state index contributed by atoms with van der Waals surface area (Å²) in [7, 11) is 0. The zero-order valence-electron chi connectivity index (χ0n) is 15.8. The van der Waals surface area contributed by atoms with Gasteiger partial charge in [-0.1, -0.05) is 61.5 Å². The first-order valence-corrected chi connectivity index (χ1v) is 9.35. The number of amides is 1. The van der Waals surface area contributed by atoms with E-state index >= 15 is 0 Å². The van der Waals surface area contributed by atoms with E-state index in [1.54, 1.807) is 0 Å². The normalized spacial score (nSPS) is 11.8. The molecule has 0 fully saturated rings. The third-order valence-corrected chi connectivity index (χ3v) is 4.41. The van der Waals surface area contributed by atoms with E-state index in [1.807, 2.05) is 80.6 Å². The van der Waals surface area contributed by atoms with Gasteiger partial charge in [-0.15, -0.1) is 0 Å². The fraction of sp³-hybridized carbons (Fsp3) is 0.261. The molecule has 0 bridgehead atoms. The maximum atomic E-state index is 12.7. The van der Waals surface area contributed by atoms with E-state index in [2.05, 4.69) is 5.32 Å². The van der Waals surface area contributed by atoms with Crippen molar-refractivity contribution in [3.8, 4) is 11.5 Å². The van der Waals surface area contributed by atoms with Crippen LogP contribution in [-0.2, 0) is 11.3 Å². The van der Waals surface area contributed by atoms with Crippen molar-refractivity contribution in [2.24, 2.45) is 0 Å². The first kappa shape index (κ1) is 18.8. The second-order valence-corrected chi connectivity index (χ2v) is 6.25. The molecule has 1 N–H and O–H groups in total. The number of para-hydroxylation sites is 1. The van der Waals surface area contributed by atoms with Gasteiger partial charge in [0.2, 0.25) is 0 Å². The van der Waals surface area contributed by atoms with Gasteiger partial charge in [0, 0.05) is 17.5 Å². The standard InChI is InChI=1S/C23H25NO3/c1-3-20(27-22-15-9-12-17-10-5-7-13-19(17)22)23(25)24-16-18-11-6-8-14-21(18)26-4-2/h5-15,20H,3-4,16H2,1-2H3,(H,24,25)/t20-/m0/s1. The molecule has 0 saturated carbocycles. The number of fused-ring (bicyclic) bond motifs is 1. The number of hydrogen-bond donors (Lipinski definition) is 1. The summed E-state index contributed by atoms with van der Waals surface area (Å²) in [5, 5.41) is 5.07. The first-order chi connectivity index (χ1) is 13.2. The molecule has 4 nitrogen and oxygen atoms in total. The van der Waals surface area contributed by atoms with Crippen LogP contribution in [0, 0.1) is 0 Å². The van der Waals surface area contributed by atoms with E-state index in [-0.39, 0.29) is 5.91 Å². The minimum atomic E-state index is -0.546. The lowest BCUT2D eigenvalue weighted by Gasteiger charge is -2.19. The number of nitrogens with one attached hydrogen (secondary N) is 1. The summed E-state index contributed by atoms with van der Waals surface area (Å²) < 4.78 is 11.7. The zero-order valence-corrected chi connectivity index (χ0v) is 15.8. The highest BCUT2D eigenvalue weighted by molar-refractivity contribution is 5.89. The van der Waals surface area contributed by atoms with Crippen LogP contribution in [0.2, 0.25) is 0 Å². The van der Waals surface area contributed by atoms with Gasteiger partial charge < -0.3 is 14.8 Å². The highest BCUT2D eigenvalue weighted by Gasteiger charge is 2.19. The fourth-order valence-electron chi connectivity index (χ4n) is 3.02. The van der Waals surface area contributed by atoms with Crippen molar-refractivity contribution < 1.29 is 14.3 Å². The fourth-order valence-corrected chi connectivity index (χ4v) is 3.02. The van der Waals surface area contributed by atoms with Crippen molar-refractivity contribution in [1.29, 1.82) is 0 Å². The van der Waals surface area contributed by atoms with E-state index < -0.39 is 6.10 Å². The maximum absolute atomic E-state index is 12.7. The SMILES string of the molecule is CCOc1ccccc1CNC(=O)[C@H](CC)Oc1cccc2ccccc12. The molecule has 0 radical (unpaired) electrons. The number of carbonyl (C=O) groups excluding carboxylic acids is 1. The second-order valence-electron chi connectivity index (χ2n) is 6.25. The molecule has 3 aromatic carbocycles. The maximum Gasteiger partial charge on any atom is 0.261 e. The van der Waals surface area contributed by atoms with Crippen LogP contribution in [0.25, 0.3) is 10.8 Å². The molecule has 3 rings (SSSR count). The van der Waals surface area contributed by atoms with Crippen LogP contribution in [0.1, 0.15) is 25.8 Å². The summed E-state index contributed by atoms with van der Waals surface area (Å²) >= 11 is 0. The quantitative estimate of drug-likeness (QED) is 0.630. The molecular formula is C23H25NO3. The van der Waals surface area contributed by atoms with Crippen molar-refractivity contribution in [3.63, 3.8) is 0 Å².